The number of benzene rings is 1. The molecular weight excluding hydrogens is 294 g/mol. The van der Waals surface area contributed by atoms with Crippen molar-refractivity contribution in [2.24, 2.45) is 5.92 Å². The molecular formula is C18H19NO2S. The van der Waals surface area contributed by atoms with Crippen molar-refractivity contribution in [3.63, 3.8) is 0 Å². The van der Waals surface area contributed by atoms with E-state index in [9.17, 15) is 9.59 Å². The molecule has 1 aliphatic carbocycles. The quantitative estimate of drug-likeness (QED) is 0.786. The Morgan fingerprint density at radius 1 is 1.09 bits per heavy atom. The van der Waals surface area contributed by atoms with Gasteiger partial charge in [-0.25, -0.2) is 0 Å². The highest BCUT2D eigenvalue weighted by Crippen LogP contribution is 2.40. The number of ketones is 1. The van der Waals surface area contributed by atoms with Crippen molar-refractivity contribution < 1.29 is 9.59 Å². The molecule has 3 nitrogen and oxygen atoms in total. The molecule has 0 aliphatic heterocycles. The molecule has 1 heterocycles. The van der Waals surface area contributed by atoms with Gasteiger partial charge in [-0.1, -0.05) is 36.4 Å². The lowest BCUT2D eigenvalue weighted by Crippen LogP contribution is -2.30. The van der Waals surface area contributed by atoms with Gasteiger partial charge in [-0.2, -0.15) is 0 Å². The van der Waals surface area contributed by atoms with E-state index in [1.54, 1.807) is 0 Å². The van der Waals surface area contributed by atoms with Crippen LogP contribution in [0.2, 0.25) is 0 Å². The molecule has 2 aromatic rings. The number of hydrogen-bond acceptors (Lipinski definition) is 3. The first-order chi connectivity index (χ1) is 10.7. The van der Waals surface area contributed by atoms with Crippen LogP contribution in [0.3, 0.4) is 0 Å². The fourth-order valence-corrected chi connectivity index (χ4v) is 3.29. The minimum atomic E-state index is -0.0364. The molecule has 114 valence electrons. The van der Waals surface area contributed by atoms with Crippen LogP contribution in [-0.4, -0.2) is 11.7 Å². The maximum Gasteiger partial charge on any atom is 0.220 e. The second-order valence-electron chi connectivity index (χ2n) is 5.69. The van der Waals surface area contributed by atoms with Gasteiger partial charge in [-0.3, -0.25) is 9.59 Å². The first-order valence-corrected chi connectivity index (χ1v) is 8.53. The average molecular weight is 313 g/mol. The Morgan fingerprint density at radius 2 is 1.86 bits per heavy atom. The SMILES string of the molecule is O=C(CCC(=O)c1cccs1)NC(c1ccccc1)C1CC1. The van der Waals surface area contributed by atoms with Crippen LogP contribution in [0.25, 0.3) is 0 Å². The van der Waals surface area contributed by atoms with Gasteiger partial charge in [0.25, 0.3) is 0 Å². The number of carbonyl (C=O) groups is 2. The summed E-state index contributed by atoms with van der Waals surface area (Å²) in [4.78, 5) is 24.8. The van der Waals surface area contributed by atoms with Gasteiger partial charge in [0, 0.05) is 12.8 Å². The van der Waals surface area contributed by atoms with Crippen LogP contribution in [0, 0.1) is 5.92 Å². The van der Waals surface area contributed by atoms with E-state index in [1.807, 2.05) is 35.7 Å². The molecule has 1 atom stereocenters. The Hall–Kier alpha value is -1.94. The van der Waals surface area contributed by atoms with Gasteiger partial charge >= 0.3 is 0 Å². The third-order valence-corrected chi connectivity index (χ3v) is 4.85. The van der Waals surface area contributed by atoms with Crippen LogP contribution in [0.4, 0.5) is 0 Å². The lowest BCUT2D eigenvalue weighted by Gasteiger charge is -2.18. The van der Waals surface area contributed by atoms with Crippen LogP contribution in [0.1, 0.15) is 47.0 Å². The highest BCUT2D eigenvalue weighted by atomic mass is 32.1. The molecule has 0 radical (unpaired) electrons. The molecule has 0 bridgehead atoms. The molecule has 1 aromatic carbocycles. The molecule has 1 saturated carbocycles. The largest absolute Gasteiger partial charge is 0.349 e. The van der Waals surface area contributed by atoms with Crippen molar-refractivity contribution in [3.8, 4) is 0 Å². The third-order valence-electron chi connectivity index (χ3n) is 3.94. The van der Waals surface area contributed by atoms with Crippen LogP contribution < -0.4 is 5.32 Å². The smallest absolute Gasteiger partial charge is 0.220 e. The summed E-state index contributed by atoms with van der Waals surface area (Å²) in [7, 11) is 0. The number of amides is 1. The second kappa shape index (κ2) is 6.88. The number of rotatable bonds is 7. The lowest BCUT2D eigenvalue weighted by molar-refractivity contribution is -0.122. The summed E-state index contributed by atoms with van der Waals surface area (Å²) in [5, 5.41) is 4.99. The van der Waals surface area contributed by atoms with E-state index in [-0.39, 0.29) is 30.6 Å². The molecule has 1 amide bonds. The minimum absolute atomic E-state index is 0.0364. The zero-order valence-electron chi connectivity index (χ0n) is 12.3. The van der Waals surface area contributed by atoms with E-state index in [0.29, 0.717) is 5.92 Å². The Balaban J connectivity index is 1.55. The van der Waals surface area contributed by atoms with Gasteiger partial charge in [0.2, 0.25) is 5.91 Å². The molecule has 1 unspecified atom stereocenters. The van der Waals surface area contributed by atoms with Crippen molar-refractivity contribution in [2.45, 2.75) is 31.7 Å². The van der Waals surface area contributed by atoms with Crippen molar-refractivity contribution in [1.29, 1.82) is 0 Å². The minimum Gasteiger partial charge on any atom is -0.349 e. The number of thiophene rings is 1. The molecule has 4 heteroatoms. The lowest BCUT2D eigenvalue weighted by atomic mass is 10.0. The van der Waals surface area contributed by atoms with Crippen molar-refractivity contribution >= 4 is 23.0 Å². The van der Waals surface area contributed by atoms with Gasteiger partial charge in [0.05, 0.1) is 10.9 Å². The fraction of sp³-hybridized carbons (Fsp3) is 0.333. The van der Waals surface area contributed by atoms with Crippen LogP contribution in [-0.2, 0) is 4.79 Å². The van der Waals surface area contributed by atoms with E-state index in [1.165, 1.54) is 11.3 Å². The van der Waals surface area contributed by atoms with E-state index < -0.39 is 0 Å². The van der Waals surface area contributed by atoms with Gasteiger partial charge in [-0.15, -0.1) is 11.3 Å². The molecule has 1 fully saturated rings. The predicted octanol–water partition coefficient (Wildman–Crippen LogP) is 3.98. The van der Waals surface area contributed by atoms with Gasteiger partial charge in [0.15, 0.2) is 5.78 Å². The summed E-state index contributed by atoms with van der Waals surface area (Å²) in [6, 6.07) is 13.8. The number of Topliss-reactive ketones (excluding diaryl/α,β-unsaturated/α-hetero) is 1. The summed E-state index contributed by atoms with van der Waals surface area (Å²) in [5.74, 6) is 0.554. The summed E-state index contributed by atoms with van der Waals surface area (Å²) in [6.07, 6.45) is 2.85. The number of hydrogen-bond donors (Lipinski definition) is 1. The summed E-state index contributed by atoms with van der Waals surface area (Å²) < 4.78 is 0. The maximum absolute atomic E-state index is 12.2. The Kier molecular flexibility index (Phi) is 4.68. The van der Waals surface area contributed by atoms with Crippen molar-refractivity contribution in [2.75, 3.05) is 0 Å². The first-order valence-electron chi connectivity index (χ1n) is 7.65. The van der Waals surface area contributed by atoms with Gasteiger partial charge < -0.3 is 5.32 Å². The normalized spacial score (nSPS) is 15.3. The zero-order chi connectivity index (χ0) is 15.4. The summed E-state index contributed by atoms with van der Waals surface area (Å²) in [6.45, 7) is 0. The molecule has 3 rings (SSSR count). The molecule has 1 N–H and O–H groups in total. The standard InChI is InChI=1S/C18H19NO2S/c20-15(16-7-4-12-22-16)10-11-17(21)19-18(14-8-9-14)13-5-2-1-3-6-13/h1-7,12,14,18H,8-11H2,(H,19,21). The molecule has 0 saturated heterocycles. The van der Waals surface area contributed by atoms with E-state index in [0.717, 1.165) is 23.3 Å². The van der Waals surface area contributed by atoms with Gasteiger partial charge in [-0.05, 0) is 35.8 Å². The number of nitrogens with one attached hydrogen (secondary N) is 1. The van der Waals surface area contributed by atoms with Gasteiger partial charge in [0.1, 0.15) is 0 Å². The summed E-state index contributed by atoms with van der Waals surface area (Å²) >= 11 is 1.43. The highest BCUT2D eigenvalue weighted by Gasteiger charge is 2.33. The Bertz CT molecular complexity index is 632. The van der Waals surface area contributed by atoms with E-state index >= 15 is 0 Å². The number of carbonyl (C=O) groups excluding carboxylic acids is 2. The maximum atomic E-state index is 12.2. The summed E-state index contributed by atoms with van der Waals surface area (Å²) in [5.41, 5.74) is 1.16. The molecule has 1 aromatic heterocycles. The average Bonchev–Trinajstić information content (AvgIpc) is 3.24. The molecule has 22 heavy (non-hydrogen) atoms. The van der Waals surface area contributed by atoms with Crippen LogP contribution in [0.15, 0.2) is 47.8 Å². The van der Waals surface area contributed by atoms with Crippen LogP contribution in [0.5, 0.6) is 0 Å². The first kappa shape index (κ1) is 15.0. The monoisotopic (exact) mass is 313 g/mol. The Morgan fingerprint density at radius 3 is 2.50 bits per heavy atom. The van der Waals surface area contributed by atoms with E-state index in [2.05, 4.69) is 17.4 Å². The predicted molar refractivity (Wildman–Crippen MR) is 87.9 cm³/mol. The van der Waals surface area contributed by atoms with Crippen LogP contribution >= 0.6 is 11.3 Å². The Labute approximate surface area is 134 Å². The molecule has 1 aliphatic rings. The van der Waals surface area contributed by atoms with Crippen molar-refractivity contribution in [3.05, 3.63) is 58.3 Å². The molecule has 0 spiro atoms. The van der Waals surface area contributed by atoms with E-state index in [4.69, 9.17) is 0 Å². The zero-order valence-corrected chi connectivity index (χ0v) is 13.1. The topological polar surface area (TPSA) is 46.2 Å². The second-order valence-corrected chi connectivity index (χ2v) is 6.64. The fourth-order valence-electron chi connectivity index (χ4n) is 2.60. The highest BCUT2D eigenvalue weighted by molar-refractivity contribution is 7.12. The third kappa shape index (κ3) is 3.83. The van der Waals surface area contributed by atoms with Crippen molar-refractivity contribution in [1.82, 2.24) is 5.32 Å².